The molecule has 0 aromatic heterocycles. The Kier molecular flexibility index (Phi) is 6.71. The quantitative estimate of drug-likeness (QED) is 0.772. The molecule has 2 aromatic carbocycles. The number of nitrogens with one attached hydrogen (secondary N) is 1. The van der Waals surface area contributed by atoms with Crippen LogP contribution in [0.25, 0.3) is 0 Å². The van der Waals surface area contributed by atoms with Gasteiger partial charge < -0.3 is 10.2 Å². The van der Waals surface area contributed by atoms with Gasteiger partial charge in [-0.1, -0.05) is 56.3 Å². The zero-order valence-electron chi connectivity index (χ0n) is 18.6. The predicted octanol–water partition coefficient (Wildman–Crippen LogP) is 3.94. The Morgan fingerprint density at radius 3 is 2.35 bits per heavy atom. The summed E-state index contributed by atoms with van der Waals surface area (Å²) in [5, 5.41) is 3.22. The maximum absolute atomic E-state index is 12.8. The van der Waals surface area contributed by atoms with E-state index in [0.29, 0.717) is 18.9 Å². The van der Waals surface area contributed by atoms with Gasteiger partial charge in [0, 0.05) is 44.3 Å². The van der Waals surface area contributed by atoms with Gasteiger partial charge in [-0.15, -0.1) is 0 Å². The van der Waals surface area contributed by atoms with Gasteiger partial charge in [0.25, 0.3) is 0 Å². The highest BCUT2D eigenvalue weighted by molar-refractivity contribution is 6.00. The molecule has 0 bridgehead atoms. The van der Waals surface area contributed by atoms with Crippen molar-refractivity contribution in [3.8, 4) is 0 Å². The van der Waals surface area contributed by atoms with Crippen LogP contribution in [-0.4, -0.2) is 42.4 Å². The minimum Gasteiger partial charge on any atom is -0.353 e. The molecule has 5 heteroatoms. The molecular weight excluding hydrogens is 386 g/mol. The molecule has 1 atom stereocenters. The van der Waals surface area contributed by atoms with Gasteiger partial charge in [0.1, 0.15) is 0 Å². The zero-order chi connectivity index (χ0) is 21.8. The van der Waals surface area contributed by atoms with Crippen LogP contribution in [0, 0.1) is 5.92 Å². The third kappa shape index (κ3) is 5.34. The highest BCUT2D eigenvalue weighted by Crippen LogP contribution is 2.27. The summed E-state index contributed by atoms with van der Waals surface area (Å²) in [7, 11) is 0. The van der Waals surface area contributed by atoms with Gasteiger partial charge in [0.05, 0.1) is 5.92 Å². The van der Waals surface area contributed by atoms with E-state index in [1.165, 1.54) is 11.1 Å². The number of nitrogens with zero attached hydrogens (tertiary/aromatic N) is 2. The lowest BCUT2D eigenvalue weighted by atomic mass is 10.0. The Bertz CT molecular complexity index is 887. The van der Waals surface area contributed by atoms with Crippen molar-refractivity contribution in [2.24, 2.45) is 5.92 Å². The van der Waals surface area contributed by atoms with Crippen LogP contribution in [0.2, 0.25) is 0 Å². The number of benzene rings is 2. The molecule has 2 amide bonds. The Hall–Kier alpha value is -2.66. The number of hydrogen-bond acceptors (Lipinski definition) is 3. The van der Waals surface area contributed by atoms with E-state index in [0.717, 1.165) is 38.2 Å². The average Bonchev–Trinajstić information content (AvgIpc) is 3.18. The summed E-state index contributed by atoms with van der Waals surface area (Å²) in [5.41, 5.74) is 3.47. The minimum atomic E-state index is -0.264. The lowest BCUT2D eigenvalue weighted by Crippen LogP contribution is -2.46. The molecule has 2 aliphatic heterocycles. The molecule has 2 saturated heterocycles. The minimum absolute atomic E-state index is 0.0242. The molecule has 0 spiro atoms. The second kappa shape index (κ2) is 9.65. The number of likely N-dealkylation sites (tertiary alicyclic amines) is 1. The van der Waals surface area contributed by atoms with Crippen LogP contribution in [0.15, 0.2) is 54.6 Å². The van der Waals surface area contributed by atoms with E-state index in [4.69, 9.17) is 0 Å². The normalized spacial score (nSPS) is 20.4. The summed E-state index contributed by atoms with van der Waals surface area (Å²) in [6, 6.07) is 18.9. The number of rotatable bonds is 6. The molecule has 0 aliphatic carbocycles. The van der Waals surface area contributed by atoms with Crippen LogP contribution < -0.4 is 10.2 Å². The molecule has 0 saturated carbocycles. The first-order valence-corrected chi connectivity index (χ1v) is 11.5. The molecule has 4 rings (SSSR count). The summed E-state index contributed by atoms with van der Waals surface area (Å²) >= 11 is 0. The van der Waals surface area contributed by atoms with Gasteiger partial charge in [-0.25, -0.2) is 0 Å². The third-order valence-electron chi connectivity index (χ3n) is 6.55. The number of carbonyl (C=O) groups is 2. The lowest BCUT2D eigenvalue weighted by Gasteiger charge is -2.32. The molecule has 5 nitrogen and oxygen atoms in total. The molecule has 164 valence electrons. The summed E-state index contributed by atoms with van der Waals surface area (Å²) in [5.74, 6) is 0.256. The summed E-state index contributed by atoms with van der Waals surface area (Å²) in [4.78, 5) is 29.6. The van der Waals surface area contributed by atoms with E-state index in [2.05, 4.69) is 60.5 Å². The summed E-state index contributed by atoms with van der Waals surface area (Å²) < 4.78 is 0. The van der Waals surface area contributed by atoms with Crippen molar-refractivity contribution in [1.29, 1.82) is 0 Å². The molecule has 2 heterocycles. The molecule has 2 aliphatic rings. The fourth-order valence-electron chi connectivity index (χ4n) is 4.57. The molecule has 2 aromatic rings. The number of anilines is 1. The van der Waals surface area contributed by atoms with Crippen LogP contribution in [0.1, 0.15) is 50.2 Å². The largest absolute Gasteiger partial charge is 0.353 e. The fourth-order valence-corrected chi connectivity index (χ4v) is 4.57. The number of hydrogen-bond donors (Lipinski definition) is 1. The van der Waals surface area contributed by atoms with Crippen molar-refractivity contribution < 1.29 is 9.59 Å². The van der Waals surface area contributed by atoms with Crippen LogP contribution in [0.5, 0.6) is 0 Å². The Balaban J connectivity index is 1.26. The van der Waals surface area contributed by atoms with Crippen molar-refractivity contribution in [2.45, 2.75) is 51.6 Å². The first kappa shape index (κ1) is 21.6. The highest BCUT2D eigenvalue weighted by atomic mass is 16.2. The van der Waals surface area contributed by atoms with E-state index < -0.39 is 0 Å². The number of piperidine rings is 1. The van der Waals surface area contributed by atoms with Gasteiger partial charge in [0.2, 0.25) is 11.8 Å². The third-order valence-corrected chi connectivity index (χ3v) is 6.55. The van der Waals surface area contributed by atoms with Gasteiger partial charge in [-0.2, -0.15) is 0 Å². The molecular formula is C26H33N3O2. The summed E-state index contributed by atoms with van der Waals surface area (Å²) in [6.07, 6.45) is 2.21. The number of amides is 2. The van der Waals surface area contributed by atoms with E-state index in [1.807, 2.05) is 18.2 Å². The first-order valence-electron chi connectivity index (χ1n) is 11.5. The summed E-state index contributed by atoms with van der Waals surface area (Å²) in [6.45, 7) is 7.71. The lowest BCUT2D eigenvalue weighted by molar-refractivity contribution is -0.127. The maximum Gasteiger partial charge on any atom is 0.227 e. The Labute approximate surface area is 185 Å². The fraction of sp³-hybridized carbons (Fsp3) is 0.462. The van der Waals surface area contributed by atoms with Crippen LogP contribution in [0.4, 0.5) is 5.69 Å². The van der Waals surface area contributed by atoms with Crippen LogP contribution in [-0.2, 0) is 16.1 Å². The Morgan fingerprint density at radius 2 is 1.71 bits per heavy atom. The Morgan fingerprint density at radius 1 is 1.03 bits per heavy atom. The van der Waals surface area contributed by atoms with E-state index in [9.17, 15) is 9.59 Å². The second-order valence-corrected chi connectivity index (χ2v) is 9.20. The van der Waals surface area contributed by atoms with Gasteiger partial charge in [-0.05, 0) is 42.0 Å². The van der Waals surface area contributed by atoms with Crippen molar-refractivity contribution >= 4 is 17.5 Å². The van der Waals surface area contributed by atoms with Crippen LogP contribution >= 0.6 is 0 Å². The smallest absolute Gasteiger partial charge is 0.227 e. The molecule has 1 unspecified atom stereocenters. The van der Waals surface area contributed by atoms with Crippen molar-refractivity contribution in [3.05, 3.63) is 65.7 Å². The van der Waals surface area contributed by atoms with Gasteiger partial charge in [0.15, 0.2) is 0 Å². The standard InChI is InChI=1S/C26H33N3O2/c1-19(2)21-8-10-24(11-9-21)29-18-22(16-25(29)30)26(31)27-23-12-14-28(15-13-23)17-20-6-4-3-5-7-20/h3-11,19,22-23H,12-18H2,1-2H3,(H,27,31). The van der Waals surface area contributed by atoms with E-state index >= 15 is 0 Å². The topological polar surface area (TPSA) is 52.7 Å². The van der Waals surface area contributed by atoms with E-state index in [-0.39, 0.29) is 23.8 Å². The molecule has 2 fully saturated rings. The average molecular weight is 420 g/mol. The van der Waals surface area contributed by atoms with Crippen LogP contribution in [0.3, 0.4) is 0 Å². The second-order valence-electron chi connectivity index (χ2n) is 9.20. The zero-order valence-corrected chi connectivity index (χ0v) is 18.6. The van der Waals surface area contributed by atoms with Crippen molar-refractivity contribution in [2.75, 3.05) is 24.5 Å². The maximum atomic E-state index is 12.8. The highest BCUT2D eigenvalue weighted by Gasteiger charge is 2.36. The predicted molar refractivity (Wildman–Crippen MR) is 124 cm³/mol. The number of carbonyl (C=O) groups excluding carboxylic acids is 2. The van der Waals surface area contributed by atoms with Crippen molar-refractivity contribution in [1.82, 2.24) is 10.2 Å². The van der Waals surface area contributed by atoms with Gasteiger partial charge >= 0.3 is 0 Å². The first-order chi connectivity index (χ1) is 15.0. The monoisotopic (exact) mass is 419 g/mol. The SMILES string of the molecule is CC(C)c1ccc(N2CC(C(=O)NC3CCN(Cc4ccccc4)CC3)CC2=O)cc1. The van der Waals surface area contributed by atoms with E-state index in [1.54, 1.807) is 4.90 Å². The van der Waals surface area contributed by atoms with Gasteiger partial charge in [-0.3, -0.25) is 14.5 Å². The van der Waals surface area contributed by atoms with Crippen molar-refractivity contribution in [3.63, 3.8) is 0 Å². The molecule has 0 radical (unpaired) electrons. The molecule has 1 N–H and O–H groups in total. The molecule has 31 heavy (non-hydrogen) atoms.